The van der Waals surface area contributed by atoms with Crippen molar-refractivity contribution in [1.82, 2.24) is 24.2 Å². The number of rotatable bonds is 3. The molecule has 0 aliphatic heterocycles. The van der Waals surface area contributed by atoms with Crippen molar-refractivity contribution in [3.63, 3.8) is 0 Å². The Balaban J connectivity index is 1.71. The Bertz CT molecular complexity index is 1800. The lowest BCUT2D eigenvalue weighted by Gasteiger charge is -2.09. The van der Waals surface area contributed by atoms with Crippen LogP contribution in [0.3, 0.4) is 0 Å². The van der Waals surface area contributed by atoms with Crippen LogP contribution in [0.1, 0.15) is 11.4 Å². The van der Waals surface area contributed by atoms with E-state index in [-0.39, 0.29) is 5.56 Å². The van der Waals surface area contributed by atoms with Gasteiger partial charge in [-0.15, -0.1) is 0 Å². The second-order valence-corrected chi connectivity index (χ2v) is 8.27. The first kappa shape index (κ1) is 20.3. The van der Waals surface area contributed by atoms with E-state index in [0.29, 0.717) is 44.1 Å². The highest BCUT2D eigenvalue weighted by Crippen LogP contribution is 2.26. The maximum Gasteiger partial charge on any atom is 0.269 e. The van der Waals surface area contributed by atoms with Gasteiger partial charge in [0.1, 0.15) is 16.7 Å². The third-order valence-electron chi connectivity index (χ3n) is 5.61. The zero-order chi connectivity index (χ0) is 23.2. The van der Waals surface area contributed by atoms with Crippen LogP contribution in [0.25, 0.3) is 38.9 Å². The van der Waals surface area contributed by atoms with E-state index in [4.69, 9.17) is 26.6 Å². The third-order valence-corrected chi connectivity index (χ3v) is 5.84. The first-order valence-electron chi connectivity index (χ1n) is 10.7. The maximum absolute atomic E-state index is 13.8. The lowest BCUT2D eigenvalue weighted by molar-refractivity contribution is 0.865. The molecule has 0 spiro atoms. The first-order valence-corrected chi connectivity index (χ1v) is 11.0. The third kappa shape index (κ3) is 3.25. The van der Waals surface area contributed by atoms with Gasteiger partial charge in [-0.1, -0.05) is 54.1 Å². The second kappa shape index (κ2) is 7.90. The molecule has 164 valence electrons. The highest BCUT2D eigenvalue weighted by atomic mass is 35.5. The molecule has 0 bridgehead atoms. The predicted molar refractivity (Wildman–Crippen MR) is 135 cm³/mol. The molecule has 0 amide bonds. The topological polar surface area (TPSA) is 78.0 Å². The zero-order valence-electron chi connectivity index (χ0n) is 18.1. The van der Waals surface area contributed by atoms with Crippen molar-refractivity contribution in [2.24, 2.45) is 5.10 Å². The molecular formula is C26H17ClN6O. The molecule has 0 fully saturated rings. The molecule has 0 saturated carbocycles. The minimum atomic E-state index is -0.222. The minimum absolute atomic E-state index is 0.222. The van der Waals surface area contributed by atoms with Crippen molar-refractivity contribution >= 4 is 51.0 Å². The average molecular weight is 465 g/mol. The number of halogens is 1. The Kier molecular flexibility index (Phi) is 4.71. The summed E-state index contributed by atoms with van der Waals surface area (Å²) in [5.41, 5.74) is 4.04. The van der Waals surface area contributed by atoms with Gasteiger partial charge in [0.2, 0.25) is 0 Å². The summed E-state index contributed by atoms with van der Waals surface area (Å²) >= 11 is 6.13. The Morgan fingerprint density at radius 2 is 1.59 bits per heavy atom. The van der Waals surface area contributed by atoms with Gasteiger partial charge in [-0.25, -0.2) is 15.0 Å². The standard InChI is InChI=1S/C26H17ClN6O/c1-16-29-24-22(26(34)32(16)19-10-3-2-4-11-19)23-25(31-21-13-6-5-12-20(21)30-23)33(24)28-15-17-8-7-9-18(27)14-17/h2-15H,1H3/b28-15-. The van der Waals surface area contributed by atoms with Crippen LogP contribution in [-0.4, -0.2) is 30.4 Å². The highest BCUT2D eigenvalue weighted by molar-refractivity contribution is 6.30. The number of hydrogen-bond acceptors (Lipinski definition) is 5. The molecule has 0 saturated heterocycles. The smallest absolute Gasteiger partial charge is 0.268 e. The molecule has 0 atom stereocenters. The molecule has 0 radical (unpaired) electrons. The summed E-state index contributed by atoms with van der Waals surface area (Å²) in [6.45, 7) is 1.80. The molecule has 3 heterocycles. The fourth-order valence-corrected chi connectivity index (χ4v) is 4.28. The zero-order valence-corrected chi connectivity index (χ0v) is 18.8. The summed E-state index contributed by atoms with van der Waals surface area (Å²) in [6.07, 6.45) is 1.67. The summed E-state index contributed by atoms with van der Waals surface area (Å²) in [7, 11) is 0. The summed E-state index contributed by atoms with van der Waals surface area (Å²) in [4.78, 5) is 28.2. The van der Waals surface area contributed by atoms with Gasteiger partial charge in [-0.2, -0.15) is 9.78 Å². The van der Waals surface area contributed by atoms with Gasteiger partial charge in [0.15, 0.2) is 11.3 Å². The quantitative estimate of drug-likeness (QED) is 0.340. The number of aromatic nitrogens is 5. The molecular weight excluding hydrogens is 448 g/mol. The number of hydrogen-bond donors (Lipinski definition) is 0. The van der Waals surface area contributed by atoms with E-state index in [2.05, 4.69) is 5.10 Å². The molecule has 6 rings (SSSR count). The van der Waals surface area contributed by atoms with Crippen molar-refractivity contribution in [3.05, 3.63) is 106 Å². The minimum Gasteiger partial charge on any atom is -0.268 e. The van der Waals surface area contributed by atoms with E-state index < -0.39 is 0 Å². The number of benzene rings is 3. The van der Waals surface area contributed by atoms with Crippen LogP contribution in [0.15, 0.2) is 88.8 Å². The Hall–Kier alpha value is -4.36. The van der Waals surface area contributed by atoms with Crippen molar-refractivity contribution in [2.45, 2.75) is 6.92 Å². The summed E-state index contributed by atoms with van der Waals surface area (Å²) < 4.78 is 3.17. The predicted octanol–water partition coefficient (Wildman–Crippen LogP) is 5.13. The molecule has 34 heavy (non-hydrogen) atoms. The van der Waals surface area contributed by atoms with E-state index in [0.717, 1.165) is 11.3 Å². The van der Waals surface area contributed by atoms with Crippen LogP contribution in [0, 0.1) is 6.92 Å². The number of aryl methyl sites for hydroxylation is 1. The van der Waals surface area contributed by atoms with Crippen LogP contribution in [0.5, 0.6) is 0 Å². The lowest BCUT2D eigenvalue weighted by Crippen LogP contribution is -2.22. The van der Waals surface area contributed by atoms with Crippen LogP contribution in [-0.2, 0) is 0 Å². The number of nitrogens with zero attached hydrogens (tertiary/aromatic N) is 6. The fraction of sp³-hybridized carbons (Fsp3) is 0.0385. The molecule has 0 aliphatic carbocycles. The molecule has 8 heteroatoms. The van der Waals surface area contributed by atoms with E-state index in [1.165, 1.54) is 0 Å². The average Bonchev–Trinajstić information content (AvgIpc) is 3.14. The van der Waals surface area contributed by atoms with E-state index >= 15 is 0 Å². The number of para-hydroxylation sites is 3. The largest absolute Gasteiger partial charge is 0.269 e. The van der Waals surface area contributed by atoms with Gasteiger partial charge in [-0.3, -0.25) is 9.36 Å². The molecule has 3 aromatic heterocycles. The van der Waals surface area contributed by atoms with Gasteiger partial charge in [-0.05, 0) is 48.9 Å². The summed E-state index contributed by atoms with van der Waals surface area (Å²) in [5.74, 6) is 0.537. The SMILES string of the molecule is Cc1nc2c(c(=O)n1-c1ccccc1)c1nc3ccccc3nc1n2/N=C\c1cccc(Cl)c1. The molecule has 0 unspecified atom stereocenters. The molecule has 0 N–H and O–H groups in total. The Morgan fingerprint density at radius 3 is 2.35 bits per heavy atom. The van der Waals surface area contributed by atoms with Crippen LogP contribution < -0.4 is 5.56 Å². The van der Waals surface area contributed by atoms with Gasteiger partial charge in [0, 0.05) is 5.02 Å². The fourth-order valence-electron chi connectivity index (χ4n) is 4.08. The number of fused-ring (bicyclic) bond motifs is 4. The van der Waals surface area contributed by atoms with Crippen molar-refractivity contribution in [1.29, 1.82) is 0 Å². The molecule has 7 nitrogen and oxygen atoms in total. The van der Waals surface area contributed by atoms with Crippen molar-refractivity contribution < 1.29 is 0 Å². The van der Waals surface area contributed by atoms with Gasteiger partial charge in [0.25, 0.3) is 5.56 Å². The van der Waals surface area contributed by atoms with Gasteiger partial charge < -0.3 is 0 Å². The Morgan fingerprint density at radius 1 is 0.853 bits per heavy atom. The summed E-state index contributed by atoms with van der Waals surface area (Å²) in [6, 6.07) is 24.3. The van der Waals surface area contributed by atoms with Gasteiger partial charge >= 0.3 is 0 Å². The normalized spacial score (nSPS) is 11.8. The van der Waals surface area contributed by atoms with Crippen molar-refractivity contribution in [2.75, 3.05) is 0 Å². The lowest BCUT2D eigenvalue weighted by atomic mass is 10.2. The van der Waals surface area contributed by atoms with Gasteiger partial charge in [0.05, 0.1) is 22.9 Å². The van der Waals surface area contributed by atoms with Crippen LogP contribution >= 0.6 is 11.6 Å². The monoisotopic (exact) mass is 464 g/mol. The van der Waals surface area contributed by atoms with Crippen LogP contribution in [0.2, 0.25) is 5.02 Å². The summed E-state index contributed by atoms with van der Waals surface area (Å²) in [5, 5.41) is 5.62. The van der Waals surface area contributed by atoms with E-state index in [1.807, 2.05) is 66.7 Å². The van der Waals surface area contributed by atoms with E-state index in [1.54, 1.807) is 34.5 Å². The highest BCUT2D eigenvalue weighted by Gasteiger charge is 2.21. The molecule has 0 aliphatic rings. The van der Waals surface area contributed by atoms with Crippen LogP contribution in [0.4, 0.5) is 0 Å². The Labute approximate surface area is 198 Å². The van der Waals surface area contributed by atoms with E-state index in [9.17, 15) is 4.79 Å². The maximum atomic E-state index is 13.8. The first-order chi connectivity index (χ1) is 16.6. The van der Waals surface area contributed by atoms with Crippen molar-refractivity contribution in [3.8, 4) is 5.69 Å². The molecule has 6 aromatic rings. The molecule has 3 aromatic carbocycles. The second-order valence-electron chi connectivity index (χ2n) is 7.83.